The van der Waals surface area contributed by atoms with E-state index in [1.54, 1.807) is 7.11 Å². The van der Waals surface area contributed by atoms with E-state index in [1.165, 1.54) is 31.4 Å². The summed E-state index contributed by atoms with van der Waals surface area (Å²) >= 11 is 0. The van der Waals surface area contributed by atoms with Gasteiger partial charge < -0.3 is 15.4 Å². The molecular formula is C17H28N2O. The monoisotopic (exact) mass is 276 g/mol. The van der Waals surface area contributed by atoms with Crippen LogP contribution in [0.15, 0.2) is 24.3 Å². The molecule has 20 heavy (non-hydrogen) atoms. The second-order valence-electron chi connectivity index (χ2n) is 5.83. The summed E-state index contributed by atoms with van der Waals surface area (Å²) in [6, 6.07) is 10.1. The van der Waals surface area contributed by atoms with Crippen molar-refractivity contribution >= 4 is 0 Å². The largest absolute Gasteiger partial charge is 0.497 e. The molecule has 3 atom stereocenters. The number of hydrogen-bond donors (Lipinski definition) is 2. The predicted molar refractivity (Wildman–Crippen MR) is 84.3 cm³/mol. The van der Waals surface area contributed by atoms with Gasteiger partial charge in [0, 0.05) is 18.1 Å². The van der Waals surface area contributed by atoms with Crippen LogP contribution in [0.1, 0.15) is 51.1 Å². The fourth-order valence-electron chi connectivity index (χ4n) is 3.08. The van der Waals surface area contributed by atoms with Crippen molar-refractivity contribution in [2.45, 2.75) is 57.7 Å². The molecule has 0 aromatic heterocycles. The molecule has 1 aliphatic rings. The van der Waals surface area contributed by atoms with Gasteiger partial charge in [-0.1, -0.05) is 19.1 Å². The highest BCUT2D eigenvalue weighted by Crippen LogP contribution is 2.21. The molecule has 1 aromatic carbocycles. The van der Waals surface area contributed by atoms with Crippen molar-refractivity contribution in [2.24, 2.45) is 0 Å². The summed E-state index contributed by atoms with van der Waals surface area (Å²) in [4.78, 5) is 0. The number of ether oxygens (including phenoxy) is 1. The lowest BCUT2D eigenvalue weighted by Gasteiger charge is -2.25. The molecule has 112 valence electrons. The van der Waals surface area contributed by atoms with Crippen LogP contribution in [-0.4, -0.2) is 25.7 Å². The van der Waals surface area contributed by atoms with E-state index < -0.39 is 0 Å². The molecule has 0 aliphatic carbocycles. The molecule has 3 unspecified atom stereocenters. The van der Waals surface area contributed by atoms with Crippen LogP contribution in [0.25, 0.3) is 0 Å². The number of rotatable bonds is 7. The lowest BCUT2D eigenvalue weighted by Crippen LogP contribution is -2.36. The van der Waals surface area contributed by atoms with Gasteiger partial charge in [-0.2, -0.15) is 0 Å². The molecule has 1 aromatic rings. The number of hydrogen-bond acceptors (Lipinski definition) is 3. The van der Waals surface area contributed by atoms with Gasteiger partial charge in [0.15, 0.2) is 0 Å². The standard InChI is InChI=1S/C17H28N2O/c1-4-17(14-7-9-16(20-3)10-8-14)19-13(2)12-15-6-5-11-18-15/h7-10,13,15,17-19H,4-6,11-12H2,1-3H3. The van der Waals surface area contributed by atoms with Gasteiger partial charge in [-0.25, -0.2) is 0 Å². The van der Waals surface area contributed by atoms with E-state index in [0.717, 1.165) is 12.2 Å². The lowest BCUT2D eigenvalue weighted by atomic mass is 10.0. The first-order valence-corrected chi connectivity index (χ1v) is 7.86. The molecule has 1 aliphatic heterocycles. The van der Waals surface area contributed by atoms with E-state index in [1.807, 2.05) is 12.1 Å². The van der Waals surface area contributed by atoms with Crippen molar-refractivity contribution in [3.63, 3.8) is 0 Å². The summed E-state index contributed by atoms with van der Waals surface area (Å²) in [5, 5.41) is 7.34. The maximum absolute atomic E-state index is 5.22. The Hall–Kier alpha value is -1.06. The molecule has 1 saturated heterocycles. The molecule has 0 radical (unpaired) electrons. The van der Waals surface area contributed by atoms with E-state index in [2.05, 4.69) is 36.6 Å². The third-order valence-electron chi connectivity index (χ3n) is 4.21. The zero-order chi connectivity index (χ0) is 14.4. The fraction of sp³-hybridized carbons (Fsp3) is 0.647. The van der Waals surface area contributed by atoms with Crippen molar-refractivity contribution in [1.29, 1.82) is 0 Å². The van der Waals surface area contributed by atoms with Gasteiger partial charge in [0.05, 0.1) is 7.11 Å². The van der Waals surface area contributed by atoms with Gasteiger partial charge in [-0.05, 0) is 56.8 Å². The first-order valence-electron chi connectivity index (χ1n) is 7.86. The first kappa shape index (κ1) is 15.3. The second kappa shape index (κ2) is 7.65. The zero-order valence-electron chi connectivity index (χ0n) is 13.0. The van der Waals surface area contributed by atoms with Gasteiger partial charge >= 0.3 is 0 Å². The highest BCUT2D eigenvalue weighted by Gasteiger charge is 2.19. The Morgan fingerprint density at radius 3 is 2.65 bits per heavy atom. The zero-order valence-corrected chi connectivity index (χ0v) is 13.0. The highest BCUT2D eigenvalue weighted by atomic mass is 16.5. The van der Waals surface area contributed by atoms with Crippen LogP contribution in [0, 0.1) is 0 Å². The summed E-state index contributed by atoms with van der Waals surface area (Å²) in [5.41, 5.74) is 1.35. The Labute approximate surface area is 123 Å². The first-order chi connectivity index (χ1) is 9.72. The molecule has 0 amide bonds. The van der Waals surface area contributed by atoms with Crippen LogP contribution >= 0.6 is 0 Å². The van der Waals surface area contributed by atoms with Crippen LogP contribution in [0.4, 0.5) is 0 Å². The summed E-state index contributed by atoms with van der Waals surface area (Å²) in [5.74, 6) is 0.923. The summed E-state index contributed by atoms with van der Waals surface area (Å²) in [7, 11) is 1.71. The predicted octanol–water partition coefficient (Wildman–Crippen LogP) is 3.27. The smallest absolute Gasteiger partial charge is 0.118 e. The number of methoxy groups -OCH3 is 1. The van der Waals surface area contributed by atoms with Gasteiger partial charge in [0.2, 0.25) is 0 Å². The molecule has 3 nitrogen and oxygen atoms in total. The van der Waals surface area contributed by atoms with Gasteiger partial charge in [-0.3, -0.25) is 0 Å². The van der Waals surface area contributed by atoms with E-state index in [4.69, 9.17) is 4.74 Å². The van der Waals surface area contributed by atoms with Crippen LogP contribution in [0.5, 0.6) is 5.75 Å². The molecule has 2 rings (SSSR count). The Balaban J connectivity index is 1.89. The number of nitrogens with one attached hydrogen (secondary N) is 2. The Morgan fingerprint density at radius 2 is 2.10 bits per heavy atom. The third-order valence-corrected chi connectivity index (χ3v) is 4.21. The van der Waals surface area contributed by atoms with Crippen molar-refractivity contribution in [3.05, 3.63) is 29.8 Å². The van der Waals surface area contributed by atoms with E-state index in [-0.39, 0.29) is 0 Å². The Morgan fingerprint density at radius 1 is 1.35 bits per heavy atom. The third kappa shape index (κ3) is 4.22. The quantitative estimate of drug-likeness (QED) is 0.802. The molecule has 0 bridgehead atoms. The highest BCUT2D eigenvalue weighted by molar-refractivity contribution is 5.29. The Kier molecular flexibility index (Phi) is 5.86. The van der Waals surface area contributed by atoms with Crippen molar-refractivity contribution in [3.8, 4) is 5.75 Å². The van der Waals surface area contributed by atoms with Crippen LogP contribution < -0.4 is 15.4 Å². The Bertz CT molecular complexity index is 384. The van der Waals surface area contributed by atoms with E-state index >= 15 is 0 Å². The second-order valence-corrected chi connectivity index (χ2v) is 5.83. The molecule has 0 saturated carbocycles. The summed E-state index contributed by atoms with van der Waals surface area (Å²) in [6.07, 6.45) is 4.97. The van der Waals surface area contributed by atoms with E-state index in [9.17, 15) is 0 Å². The topological polar surface area (TPSA) is 33.3 Å². The normalized spacial score (nSPS) is 21.6. The van der Waals surface area contributed by atoms with Gasteiger partial charge in [0.25, 0.3) is 0 Å². The minimum atomic E-state index is 0.428. The van der Waals surface area contributed by atoms with Gasteiger partial charge in [0.1, 0.15) is 5.75 Å². The molecular weight excluding hydrogens is 248 g/mol. The average molecular weight is 276 g/mol. The molecule has 0 spiro atoms. The van der Waals surface area contributed by atoms with Crippen molar-refractivity contribution < 1.29 is 4.74 Å². The number of benzene rings is 1. The molecule has 1 fully saturated rings. The average Bonchev–Trinajstić information content (AvgIpc) is 2.97. The minimum Gasteiger partial charge on any atom is -0.497 e. The van der Waals surface area contributed by atoms with Crippen LogP contribution in [-0.2, 0) is 0 Å². The summed E-state index contributed by atoms with van der Waals surface area (Å²) < 4.78 is 5.22. The van der Waals surface area contributed by atoms with Crippen molar-refractivity contribution in [2.75, 3.05) is 13.7 Å². The maximum Gasteiger partial charge on any atom is 0.118 e. The fourth-order valence-corrected chi connectivity index (χ4v) is 3.08. The van der Waals surface area contributed by atoms with Crippen molar-refractivity contribution in [1.82, 2.24) is 10.6 Å². The lowest BCUT2D eigenvalue weighted by molar-refractivity contribution is 0.388. The molecule has 2 N–H and O–H groups in total. The van der Waals surface area contributed by atoms with Gasteiger partial charge in [-0.15, -0.1) is 0 Å². The maximum atomic E-state index is 5.22. The van der Waals surface area contributed by atoms with Crippen LogP contribution in [0.3, 0.4) is 0 Å². The molecule has 3 heteroatoms. The summed E-state index contributed by atoms with van der Waals surface area (Å²) in [6.45, 7) is 5.72. The SMILES string of the molecule is CCC(NC(C)CC1CCCN1)c1ccc(OC)cc1. The van der Waals surface area contributed by atoms with Crippen LogP contribution in [0.2, 0.25) is 0 Å². The van der Waals surface area contributed by atoms with E-state index in [0.29, 0.717) is 18.1 Å². The molecule has 1 heterocycles. The minimum absolute atomic E-state index is 0.428.